The number of ether oxygens (including phenoxy) is 1. The molecule has 0 bridgehead atoms. The van der Waals surface area contributed by atoms with Crippen LogP contribution in [0, 0.1) is 0 Å². The summed E-state index contributed by atoms with van der Waals surface area (Å²) in [6.45, 7) is 3.07. The van der Waals surface area contributed by atoms with Crippen molar-refractivity contribution >= 4 is 23.0 Å². The van der Waals surface area contributed by atoms with Gasteiger partial charge in [-0.2, -0.15) is 4.98 Å². The van der Waals surface area contributed by atoms with Crippen LogP contribution >= 0.6 is 11.3 Å². The number of Topliss-reactive ketones (excluding diaryl/α,β-unsaturated/α-hetero) is 1. The Balaban J connectivity index is 1.34. The van der Waals surface area contributed by atoms with Gasteiger partial charge in [-0.05, 0) is 25.0 Å². The molecule has 4 aromatic rings. The fourth-order valence-corrected chi connectivity index (χ4v) is 5.21. The van der Waals surface area contributed by atoms with Crippen LogP contribution in [0.2, 0.25) is 0 Å². The Labute approximate surface area is 206 Å². The second-order valence-corrected chi connectivity index (χ2v) is 9.40. The standard InChI is InChI=1S/C26H24N4O4S/c1-17(31)24-29-22(30-34-24)19-8-5-9-20(14-19)23(32)27-16-26(10-12-33-13-11-26)25-28-21(15-35-25)18-6-3-2-4-7-18/h2-9,14-15H,10-13,16H2,1H3,(H,27,32). The summed E-state index contributed by atoms with van der Waals surface area (Å²) in [6.07, 6.45) is 1.57. The first-order valence-corrected chi connectivity index (χ1v) is 12.2. The number of hydrogen-bond donors (Lipinski definition) is 1. The lowest BCUT2D eigenvalue weighted by molar-refractivity contribution is 0.0486. The molecule has 9 heteroatoms. The summed E-state index contributed by atoms with van der Waals surface area (Å²) in [6, 6.07) is 17.0. The van der Waals surface area contributed by atoms with Crippen LogP contribution in [0.1, 0.15) is 45.8 Å². The Hall–Kier alpha value is -3.69. The Kier molecular flexibility index (Phi) is 6.52. The predicted octanol–water partition coefficient (Wildman–Crippen LogP) is 4.54. The molecule has 1 amide bonds. The van der Waals surface area contributed by atoms with Crippen molar-refractivity contribution in [2.24, 2.45) is 0 Å². The summed E-state index contributed by atoms with van der Waals surface area (Å²) in [7, 11) is 0. The monoisotopic (exact) mass is 488 g/mol. The van der Waals surface area contributed by atoms with Gasteiger partial charge in [-0.25, -0.2) is 4.98 Å². The molecule has 1 aliphatic rings. The number of carbonyl (C=O) groups excluding carboxylic acids is 2. The van der Waals surface area contributed by atoms with E-state index in [2.05, 4.69) is 20.8 Å². The highest BCUT2D eigenvalue weighted by molar-refractivity contribution is 7.10. The van der Waals surface area contributed by atoms with Crippen molar-refractivity contribution in [3.63, 3.8) is 0 Å². The molecule has 0 aliphatic carbocycles. The van der Waals surface area contributed by atoms with E-state index in [9.17, 15) is 9.59 Å². The van der Waals surface area contributed by atoms with E-state index in [4.69, 9.17) is 14.2 Å². The van der Waals surface area contributed by atoms with Gasteiger partial charge >= 0.3 is 0 Å². The molecule has 3 heterocycles. The lowest BCUT2D eigenvalue weighted by Gasteiger charge is -2.35. The van der Waals surface area contributed by atoms with Gasteiger partial charge in [0, 0.05) is 54.2 Å². The van der Waals surface area contributed by atoms with Crippen molar-refractivity contribution < 1.29 is 18.8 Å². The third-order valence-electron chi connectivity index (χ3n) is 6.17. The number of thiazole rings is 1. The maximum Gasteiger partial charge on any atom is 0.294 e. The Morgan fingerprint density at radius 1 is 1.03 bits per heavy atom. The van der Waals surface area contributed by atoms with Crippen LogP contribution < -0.4 is 5.32 Å². The van der Waals surface area contributed by atoms with Crippen LogP contribution in [0.15, 0.2) is 64.5 Å². The van der Waals surface area contributed by atoms with Crippen LogP contribution in [0.3, 0.4) is 0 Å². The van der Waals surface area contributed by atoms with Crippen LogP contribution in [-0.4, -0.2) is 46.6 Å². The summed E-state index contributed by atoms with van der Waals surface area (Å²) in [5, 5.41) is 10.0. The van der Waals surface area contributed by atoms with E-state index >= 15 is 0 Å². The van der Waals surface area contributed by atoms with Crippen molar-refractivity contribution in [3.05, 3.63) is 76.4 Å². The van der Waals surface area contributed by atoms with E-state index < -0.39 is 0 Å². The van der Waals surface area contributed by atoms with E-state index in [1.54, 1.807) is 35.6 Å². The van der Waals surface area contributed by atoms with Crippen molar-refractivity contribution in [2.45, 2.75) is 25.2 Å². The van der Waals surface area contributed by atoms with Gasteiger partial charge in [-0.1, -0.05) is 47.6 Å². The number of carbonyl (C=O) groups is 2. The number of aromatic nitrogens is 3. The summed E-state index contributed by atoms with van der Waals surface area (Å²) in [4.78, 5) is 33.6. The highest BCUT2D eigenvalue weighted by atomic mass is 32.1. The van der Waals surface area contributed by atoms with Gasteiger partial charge in [-0.15, -0.1) is 11.3 Å². The zero-order valence-electron chi connectivity index (χ0n) is 19.2. The summed E-state index contributed by atoms with van der Waals surface area (Å²) in [5.41, 5.74) is 2.81. The fraction of sp³-hybridized carbons (Fsp3) is 0.269. The third kappa shape index (κ3) is 4.91. The van der Waals surface area contributed by atoms with Gasteiger partial charge in [0.1, 0.15) is 5.01 Å². The first kappa shape index (κ1) is 23.1. The zero-order valence-corrected chi connectivity index (χ0v) is 20.0. The van der Waals surface area contributed by atoms with E-state index in [0.717, 1.165) is 29.1 Å². The molecule has 178 valence electrons. The topological polar surface area (TPSA) is 107 Å². The molecule has 2 aromatic heterocycles. The second kappa shape index (κ2) is 9.89. The Morgan fingerprint density at radius 3 is 2.54 bits per heavy atom. The molecular formula is C26H24N4O4S. The van der Waals surface area contributed by atoms with E-state index in [0.29, 0.717) is 30.9 Å². The first-order valence-electron chi connectivity index (χ1n) is 11.4. The highest BCUT2D eigenvalue weighted by Crippen LogP contribution is 2.38. The molecule has 8 nitrogen and oxygen atoms in total. The van der Waals surface area contributed by atoms with E-state index in [1.165, 1.54) is 6.92 Å². The minimum atomic E-state index is -0.308. The number of benzene rings is 2. The predicted molar refractivity (Wildman–Crippen MR) is 131 cm³/mol. The molecule has 1 fully saturated rings. The number of rotatable bonds is 7. The average molecular weight is 489 g/mol. The molecule has 5 rings (SSSR count). The SMILES string of the molecule is CC(=O)c1nc(-c2cccc(C(=O)NCC3(c4nc(-c5ccccc5)cs4)CCOCC3)c2)no1. The first-order chi connectivity index (χ1) is 17.0. The maximum atomic E-state index is 13.1. The fourth-order valence-electron chi connectivity index (χ4n) is 4.12. The second-order valence-electron chi connectivity index (χ2n) is 8.54. The molecule has 0 spiro atoms. The minimum Gasteiger partial charge on any atom is -0.381 e. The molecular weight excluding hydrogens is 464 g/mol. The number of amides is 1. The Bertz CT molecular complexity index is 1340. The molecule has 0 unspecified atom stereocenters. The van der Waals surface area contributed by atoms with Crippen molar-refractivity contribution in [2.75, 3.05) is 19.8 Å². The normalized spacial score (nSPS) is 15.0. The summed E-state index contributed by atoms with van der Waals surface area (Å²) < 4.78 is 10.6. The van der Waals surface area contributed by atoms with Gasteiger partial charge in [0.25, 0.3) is 11.8 Å². The van der Waals surface area contributed by atoms with Gasteiger partial charge in [0.2, 0.25) is 11.6 Å². The van der Waals surface area contributed by atoms with Gasteiger partial charge in [0.15, 0.2) is 0 Å². The summed E-state index contributed by atoms with van der Waals surface area (Å²) >= 11 is 1.63. The molecule has 0 atom stereocenters. The molecule has 35 heavy (non-hydrogen) atoms. The van der Waals surface area contributed by atoms with E-state index in [-0.39, 0.29) is 28.8 Å². The maximum absolute atomic E-state index is 13.1. The van der Waals surface area contributed by atoms with Crippen molar-refractivity contribution in [1.29, 1.82) is 0 Å². The number of nitrogens with zero attached hydrogens (tertiary/aromatic N) is 3. The van der Waals surface area contributed by atoms with Gasteiger partial charge in [0.05, 0.1) is 5.69 Å². The van der Waals surface area contributed by atoms with Crippen LogP contribution in [-0.2, 0) is 10.2 Å². The highest BCUT2D eigenvalue weighted by Gasteiger charge is 2.38. The zero-order chi connectivity index (χ0) is 24.3. The van der Waals surface area contributed by atoms with E-state index in [1.807, 2.05) is 30.3 Å². The lowest BCUT2D eigenvalue weighted by Crippen LogP contribution is -2.44. The lowest BCUT2D eigenvalue weighted by atomic mass is 9.80. The van der Waals surface area contributed by atoms with Crippen molar-refractivity contribution in [3.8, 4) is 22.6 Å². The Morgan fingerprint density at radius 2 is 1.80 bits per heavy atom. The molecule has 2 aromatic carbocycles. The largest absolute Gasteiger partial charge is 0.381 e. The summed E-state index contributed by atoms with van der Waals surface area (Å²) in [5.74, 6) is -0.304. The average Bonchev–Trinajstić information content (AvgIpc) is 3.60. The number of hydrogen-bond acceptors (Lipinski definition) is 8. The van der Waals surface area contributed by atoms with Crippen LogP contribution in [0.5, 0.6) is 0 Å². The minimum absolute atomic E-state index is 0.0605. The molecule has 1 N–H and O–H groups in total. The molecule has 1 aliphatic heterocycles. The van der Waals surface area contributed by atoms with Crippen LogP contribution in [0.25, 0.3) is 22.6 Å². The molecule has 0 radical (unpaired) electrons. The number of nitrogens with one attached hydrogen (secondary N) is 1. The van der Waals surface area contributed by atoms with Gasteiger partial charge < -0.3 is 14.6 Å². The molecule has 1 saturated heterocycles. The van der Waals surface area contributed by atoms with Gasteiger partial charge in [-0.3, -0.25) is 9.59 Å². The smallest absolute Gasteiger partial charge is 0.294 e. The number of ketones is 1. The van der Waals surface area contributed by atoms with Crippen LogP contribution in [0.4, 0.5) is 0 Å². The molecule has 0 saturated carbocycles. The third-order valence-corrected chi connectivity index (χ3v) is 7.26. The quantitative estimate of drug-likeness (QED) is 0.381. The van der Waals surface area contributed by atoms with Crippen molar-refractivity contribution in [1.82, 2.24) is 20.4 Å².